The summed E-state index contributed by atoms with van der Waals surface area (Å²) in [5.74, 6) is -0.623. The molecule has 1 aromatic carbocycles. The first kappa shape index (κ1) is 18.1. The van der Waals surface area contributed by atoms with Gasteiger partial charge in [0.1, 0.15) is 25.1 Å². The summed E-state index contributed by atoms with van der Waals surface area (Å²) >= 11 is 0. The van der Waals surface area contributed by atoms with Gasteiger partial charge >= 0.3 is 5.97 Å². The Labute approximate surface area is 134 Å². The summed E-state index contributed by atoms with van der Waals surface area (Å²) in [6, 6.07) is 7.01. The molecule has 0 aromatic heterocycles. The molecule has 1 aromatic rings. The van der Waals surface area contributed by atoms with E-state index in [0.717, 1.165) is 0 Å². The predicted molar refractivity (Wildman–Crippen MR) is 84.8 cm³/mol. The van der Waals surface area contributed by atoms with Crippen LogP contribution in [0.4, 0.5) is 0 Å². The normalized spacial score (nSPS) is 12.8. The lowest BCUT2D eigenvalue weighted by Crippen LogP contribution is -2.19. The monoisotopic (exact) mass is 321 g/mol. The number of methoxy groups -OCH3 is 1. The van der Waals surface area contributed by atoms with Crippen LogP contribution in [0.25, 0.3) is 0 Å². The van der Waals surface area contributed by atoms with Crippen molar-refractivity contribution in [1.29, 1.82) is 0 Å². The van der Waals surface area contributed by atoms with Crippen molar-refractivity contribution in [2.45, 2.75) is 20.5 Å². The Morgan fingerprint density at radius 2 is 1.83 bits per heavy atom. The number of nitrogens with zero attached hydrogens (tertiary/aromatic N) is 3. The van der Waals surface area contributed by atoms with E-state index in [0.29, 0.717) is 22.6 Å². The fourth-order valence-electron chi connectivity index (χ4n) is 1.60. The third kappa shape index (κ3) is 5.10. The van der Waals surface area contributed by atoms with Crippen LogP contribution in [-0.4, -0.2) is 42.5 Å². The van der Waals surface area contributed by atoms with E-state index >= 15 is 0 Å². The Balaban J connectivity index is 3.02. The Bertz CT molecular complexity index is 638. The van der Waals surface area contributed by atoms with Crippen LogP contribution < -0.4 is 0 Å². The SMILES string of the molecule is CO/N=C(\C(=O)OC)c1ccccc1CO/N=C(C)\C(C)=N/O. The second kappa shape index (κ2) is 9.19. The van der Waals surface area contributed by atoms with E-state index in [-0.39, 0.29) is 12.3 Å². The smallest absolute Gasteiger partial charge is 0.360 e. The minimum atomic E-state index is -0.623. The van der Waals surface area contributed by atoms with E-state index in [2.05, 4.69) is 15.5 Å². The average molecular weight is 321 g/mol. The summed E-state index contributed by atoms with van der Waals surface area (Å²) < 4.78 is 4.70. The molecule has 0 radical (unpaired) electrons. The molecule has 8 heteroatoms. The molecule has 0 atom stereocenters. The van der Waals surface area contributed by atoms with Crippen molar-refractivity contribution in [3.8, 4) is 0 Å². The summed E-state index contributed by atoms with van der Waals surface area (Å²) in [5.41, 5.74) is 1.99. The van der Waals surface area contributed by atoms with E-state index in [9.17, 15) is 4.79 Å². The van der Waals surface area contributed by atoms with Gasteiger partial charge in [0, 0.05) is 11.1 Å². The summed E-state index contributed by atoms with van der Waals surface area (Å²) in [6.45, 7) is 3.33. The van der Waals surface area contributed by atoms with Gasteiger partial charge in [0.15, 0.2) is 5.71 Å². The van der Waals surface area contributed by atoms with Gasteiger partial charge in [-0.3, -0.25) is 0 Å². The topological polar surface area (TPSA) is 102 Å². The largest absolute Gasteiger partial charge is 0.464 e. The lowest BCUT2D eigenvalue weighted by molar-refractivity contribution is -0.132. The summed E-state index contributed by atoms with van der Waals surface area (Å²) in [6.07, 6.45) is 0. The molecular weight excluding hydrogens is 302 g/mol. The van der Waals surface area contributed by atoms with Gasteiger partial charge in [-0.1, -0.05) is 39.7 Å². The number of benzene rings is 1. The zero-order valence-electron chi connectivity index (χ0n) is 13.4. The zero-order chi connectivity index (χ0) is 17.2. The molecule has 0 aliphatic carbocycles. The fraction of sp³-hybridized carbons (Fsp3) is 0.333. The first-order valence-corrected chi connectivity index (χ1v) is 6.68. The van der Waals surface area contributed by atoms with Crippen LogP contribution in [0.3, 0.4) is 0 Å². The highest BCUT2D eigenvalue weighted by Crippen LogP contribution is 2.13. The molecule has 0 aliphatic rings. The highest BCUT2D eigenvalue weighted by Gasteiger charge is 2.19. The van der Waals surface area contributed by atoms with Gasteiger partial charge in [-0.15, -0.1) is 0 Å². The Morgan fingerprint density at radius 3 is 2.43 bits per heavy atom. The molecule has 8 nitrogen and oxygen atoms in total. The van der Waals surface area contributed by atoms with Crippen LogP contribution in [0.5, 0.6) is 0 Å². The maximum Gasteiger partial charge on any atom is 0.360 e. The van der Waals surface area contributed by atoms with Gasteiger partial charge in [-0.05, 0) is 13.8 Å². The van der Waals surface area contributed by atoms with Gasteiger partial charge in [-0.2, -0.15) is 0 Å². The molecule has 0 saturated carbocycles. The van der Waals surface area contributed by atoms with Crippen LogP contribution in [0.1, 0.15) is 25.0 Å². The molecule has 0 amide bonds. The quantitative estimate of drug-likeness (QED) is 0.358. The van der Waals surface area contributed by atoms with Gasteiger partial charge in [-0.25, -0.2) is 4.79 Å². The number of carbonyl (C=O) groups is 1. The van der Waals surface area contributed by atoms with Crippen LogP contribution in [0, 0.1) is 0 Å². The minimum absolute atomic E-state index is 0.0306. The van der Waals surface area contributed by atoms with E-state index in [1.165, 1.54) is 14.2 Å². The number of rotatable bonds is 7. The number of ether oxygens (including phenoxy) is 1. The van der Waals surface area contributed by atoms with Crippen molar-refractivity contribution in [1.82, 2.24) is 0 Å². The third-order valence-corrected chi connectivity index (χ3v) is 2.93. The first-order valence-electron chi connectivity index (χ1n) is 6.68. The summed E-state index contributed by atoms with van der Waals surface area (Å²) in [7, 11) is 2.60. The molecule has 1 rings (SSSR count). The first-order chi connectivity index (χ1) is 11.0. The van der Waals surface area contributed by atoms with Crippen molar-refractivity contribution in [2.24, 2.45) is 15.5 Å². The third-order valence-electron chi connectivity index (χ3n) is 2.93. The minimum Gasteiger partial charge on any atom is -0.464 e. The number of hydrogen-bond donors (Lipinski definition) is 1. The van der Waals surface area contributed by atoms with Crippen molar-refractivity contribution in [3.05, 3.63) is 35.4 Å². The Hall–Kier alpha value is -2.90. The molecule has 0 unspecified atom stereocenters. The van der Waals surface area contributed by atoms with Crippen LogP contribution in [0.15, 0.2) is 39.7 Å². The summed E-state index contributed by atoms with van der Waals surface area (Å²) in [4.78, 5) is 21.8. The maximum absolute atomic E-state index is 11.8. The van der Waals surface area contributed by atoms with Crippen molar-refractivity contribution in [2.75, 3.05) is 14.2 Å². The van der Waals surface area contributed by atoms with E-state index in [1.54, 1.807) is 38.1 Å². The van der Waals surface area contributed by atoms with Crippen LogP contribution >= 0.6 is 0 Å². The van der Waals surface area contributed by atoms with Crippen molar-refractivity contribution >= 4 is 23.1 Å². The van der Waals surface area contributed by atoms with Gasteiger partial charge in [0.05, 0.1) is 7.11 Å². The van der Waals surface area contributed by atoms with E-state index in [1.807, 2.05) is 0 Å². The van der Waals surface area contributed by atoms with Gasteiger partial charge in [0.25, 0.3) is 0 Å². The molecule has 0 bridgehead atoms. The second-order valence-electron chi connectivity index (χ2n) is 4.41. The number of hydrogen-bond acceptors (Lipinski definition) is 8. The standard InChI is InChI=1S/C15H19N3O5/c1-10(16-20)11(2)17-23-9-12-7-5-6-8-13(12)14(18-22-4)15(19)21-3/h5-8,20H,9H2,1-4H3/b16-10-,17-11-,18-14-. The molecule has 0 aliphatic heterocycles. The highest BCUT2D eigenvalue weighted by atomic mass is 16.6. The van der Waals surface area contributed by atoms with Gasteiger partial charge < -0.3 is 19.6 Å². The lowest BCUT2D eigenvalue weighted by Gasteiger charge is -2.09. The maximum atomic E-state index is 11.8. The molecule has 0 heterocycles. The average Bonchev–Trinajstić information content (AvgIpc) is 2.58. The Kier molecular flexibility index (Phi) is 7.25. The van der Waals surface area contributed by atoms with Crippen molar-refractivity contribution in [3.63, 3.8) is 0 Å². The predicted octanol–water partition coefficient (Wildman–Crippen LogP) is 1.95. The second-order valence-corrected chi connectivity index (χ2v) is 4.41. The van der Waals surface area contributed by atoms with E-state index in [4.69, 9.17) is 19.6 Å². The van der Waals surface area contributed by atoms with E-state index < -0.39 is 5.97 Å². The molecule has 0 fully saturated rings. The number of esters is 1. The van der Waals surface area contributed by atoms with Crippen LogP contribution in [0.2, 0.25) is 0 Å². The Morgan fingerprint density at radius 1 is 1.13 bits per heavy atom. The molecular formula is C15H19N3O5. The molecule has 124 valence electrons. The summed E-state index contributed by atoms with van der Waals surface area (Å²) in [5, 5.41) is 19.2. The number of carbonyl (C=O) groups excluding carboxylic acids is 1. The molecule has 1 N–H and O–H groups in total. The number of oxime groups is 3. The lowest BCUT2D eigenvalue weighted by atomic mass is 10.0. The van der Waals surface area contributed by atoms with Gasteiger partial charge in [0.2, 0.25) is 0 Å². The molecule has 0 saturated heterocycles. The molecule has 23 heavy (non-hydrogen) atoms. The zero-order valence-corrected chi connectivity index (χ0v) is 13.4. The van der Waals surface area contributed by atoms with Crippen LogP contribution in [-0.2, 0) is 25.8 Å². The molecule has 0 spiro atoms. The van der Waals surface area contributed by atoms with Crippen molar-refractivity contribution < 1.29 is 24.4 Å². The highest BCUT2D eigenvalue weighted by molar-refractivity contribution is 6.43. The fourth-order valence-corrected chi connectivity index (χ4v) is 1.60.